The molecule has 0 spiro atoms. The maximum Gasteiger partial charge on any atom is 0.254 e. The smallest absolute Gasteiger partial charge is 0.254 e. The molecule has 1 aromatic carbocycles. The number of carbonyl (C=O) groups excluding carboxylic acids is 1. The number of halogens is 2. The molecule has 0 aliphatic carbocycles. The Morgan fingerprint density at radius 3 is 2.33 bits per heavy atom. The number of morpholine rings is 1. The summed E-state index contributed by atoms with van der Waals surface area (Å²) in [5, 5.41) is 0. The van der Waals surface area contributed by atoms with Crippen LogP contribution in [0.2, 0.25) is 0 Å². The summed E-state index contributed by atoms with van der Waals surface area (Å²) in [4.78, 5) is 28.2. The Morgan fingerprint density at radius 2 is 1.67 bits per heavy atom. The summed E-state index contributed by atoms with van der Waals surface area (Å²) in [5.74, 6) is -0.381. The molecule has 1 aromatic heterocycles. The van der Waals surface area contributed by atoms with Crippen LogP contribution in [-0.2, 0) is 17.6 Å². The van der Waals surface area contributed by atoms with Crippen molar-refractivity contribution in [1.29, 1.82) is 0 Å². The third-order valence-corrected chi connectivity index (χ3v) is 5.42. The van der Waals surface area contributed by atoms with Crippen molar-refractivity contribution in [3.05, 3.63) is 46.7 Å². The Morgan fingerprint density at radius 1 is 1.00 bits per heavy atom. The van der Waals surface area contributed by atoms with Crippen LogP contribution in [0.3, 0.4) is 0 Å². The Balaban J connectivity index is 1.60. The summed E-state index contributed by atoms with van der Waals surface area (Å²) >= 11 is 0. The molecule has 9 heteroatoms. The minimum atomic E-state index is -0.757. The first-order valence-corrected chi connectivity index (χ1v) is 10.1. The number of amides is 1. The topological polar surface area (TPSA) is 61.8 Å². The number of hydrogen-bond donors (Lipinski definition) is 0. The molecule has 160 valence electrons. The van der Waals surface area contributed by atoms with E-state index >= 15 is 0 Å². The highest BCUT2D eigenvalue weighted by molar-refractivity contribution is 5.94. The van der Waals surface area contributed by atoms with Crippen LogP contribution in [0.1, 0.15) is 21.6 Å². The highest BCUT2D eigenvalue weighted by Gasteiger charge is 2.26. The minimum Gasteiger partial charge on any atom is -0.378 e. The molecule has 0 atom stereocenters. The van der Waals surface area contributed by atoms with Gasteiger partial charge in [-0.3, -0.25) is 4.79 Å². The first-order valence-electron chi connectivity index (χ1n) is 10.1. The average Bonchev–Trinajstić information content (AvgIpc) is 2.95. The lowest BCUT2D eigenvalue weighted by molar-refractivity contribution is 0.0762. The van der Waals surface area contributed by atoms with E-state index in [1.54, 1.807) is 4.90 Å². The summed E-state index contributed by atoms with van der Waals surface area (Å²) in [7, 11) is 3.88. The van der Waals surface area contributed by atoms with Crippen LogP contribution in [0, 0.1) is 11.6 Å². The van der Waals surface area contributed by atoms with Gasteiger partial charge in [0.05, 0.1) is 18.9 Å². The highest BCUT2D eigenvalue weighted by atomic mass is 19.1. The highest BCUT2D eigenvalue weighted by Crippen LogP contribution is 2.27. The maximum atomic E-state index is 13.6. The molecule has 0 saturated carbocycles. The summed E-state index contributed by atoms with van der Waals surface area (Å²) in [6.07, 6.45) is 1.13. The standard InChI is InChI=1S/C21H25F2N5O2/c1-26(2)19-17-3-5-27(20(29)14-11-15(22)13-16(23)12-14)6-4-18(17)24-21(25-19)28-7-9-30-10-8-28/h11-13H,3-10H2,1-2H3. The van der Waals surface area contributed by atoms with Crippen molar-refractivity contribution in [3.63, 3.8) is 0 Å². The third-order valence-electron chi connectivity index (χ3n) is 5.42. The van der Waals surface area contributed by atoms with E-state index in [2.05, 4.69) is 4.90 Å². The molecule has 4 rings (SSSR count). The van der Waals surface area contributed by atoms with Crippen molar-refractivity contribution < 1.29 is 18.3 Å². The summed E-state index contributed by atoms with van der Waals surface area (Å²) < 4.78 is 32.6. The van der Waals surface area contributed by atoms with Gasteiger partial charge < -0.3 is 19.4 Å². The first-order chi connectivity index (χ1) is 14.4. The summed E-state index contributed by atoms with van der Waals surface area (Å²) in [5.41, 5.74) is 1.94. The van der Waals surface area contributed by atoms with E-state index in [-0.39, 0.29) is 11.5 Å². The zero-order valence-electron chi connectivity index (χ0n) is 17.2. The molecular formula is C21H25F2N5O2. The number of anilines is 2. The monoisotopic (exact) mass is 417 g/mol. The van der Waals surface area contributed by atoms with Gasteiger partial charge in [-0.25, -0.2) is 13.8 Å². The van der Waals surface area contributed by atoms with Crippen molar-refractivity contribution in [2.24, 2.45) is 0 Å². The lowest BCUT2D eigenvalue weighted by Crippen LogP contribution is -2.38. The van der Waals surface area contributed by atoms with Gasteiger partial charge in [-0.05, 0) is 18.6 Å². The van der Waals surface area contributed by atoms with Crippen LogP contribution in [0.15, 0.2) is 18.2 Å². The molecule has 1 saturated heterocycles. The zero-order chi connectivity index (χ0) is 21.3. The molecule has 0 bridgehead atoms. The Kier molecular flexibility index (Phi) is 5.80. The Hall–Kier alpha value is -2.81. The second kappa shape index (κ2) is 8.51. The molecule has 1 amide bonds. The SMILES string of the molecule is CN(C)c1nc(N2CCOCC2)nc2c1CCN(C(=O)c1cc(F)cc(F)c1)CC2. The van der Waals surface area contributed by atoms with Crippen molar-refractivity contribution >= 4 is 17.7 Å². The minimum absolute atomic E-state index is 0.0198. The average molecular weight is 417 g/mol. The van der Waals surface area contributed by atoms with Gasteiger partial charge in [0, 0.05) is 63.9 Å². The number of rotatable bonds is 3. The quantitative estimate of drug-likeness (QED) is 0.760. The predicted molar refractivity (Wildman–Crippen MR) is 109 cm³/mol. The first kappa shape index (κ1) is 20.5. The largest absolute Gasteiger partial charge is 0.378 e. The van der Waals surface area contributed by atoms with Crippen LogP contribution in [0.4, 0.5) is 20.5 Å². The molecule has 2 aromatic rings. The van der Waals surface area contributed by atoms with E-state index in [1.165, 1.54) is 0 Å². The van der Waals surface area contributed by atoms with Gasteiger partial charge in [0.1, 0.15) is 17.5 Å². The zero-order valence-corrected chi connectivity index (χ0v) is 17.2. The molecule has 2 aliphatic heterocycles. The third kappa shape index (κ3) is 4.21. The van der Waals surface area contributed by atoms with Gasteiger partial charge in [-0.15, -0.1) is 0 Å². The van der Waals surface area contributed by atoms with Crippen molar-refractivity contribution in [3.8, 4) is 0 Å². The van der Waals surface area contributed by atoms with Crippen LogP contribution < -0.4 is 9.80 Å². The fraction of sp³-hybridized carbons (Fsp3) is 0.476. The molecule has 3 heterocycles. The van der Waals surface area contributed by atoms with E-state index in [0.717, 1.165) is 48.4 Å². The molecule has 30 heavy (non-hydrogen) atoms. The van der Waals surface area contributed by atoms with E-state index in [9.17, 15) is 13.6 Å². The van der Waals surface area contributed by atoms with Crippen LogP contribution in [-0.4, -0.2) is 74.3 Å². The number of nitrogens with zero attached hydrogens (tertiary/aromatic N) is 5. The van der Waals surface area contributed by atoms with Gasteiger partial charge in [0.15, 0.2) is 0 Å². The molecule has 2 aliphatic rings. The van der Waals surface area contributed by atoms with E-state index in [4.69, 9.17) is 14.7 Å². The molecule has 0 radical (unpaired) electrons. The van der Waals surface area contributed by atoms with Crippen molar-refractivity contribution in [1.82, 2.24) is 14.9 Å². The van der Waals surface area contributed by atoms with E-state index in [0.29, 0.717) is 45.1 Å². The van der Waals surface area contributed by atoms with Crippen LogP contribution >= 0.6 is 0 Å². The van der Waals surface area contributed by atoms with E-state index < -0.39 is 11.6 Å². The molecule has 1 fully saturated rings. The summed E-state index contributed by atoms with van der Waals surface area (Å²) in [6, 6.07) is 2.91. The normalized spacial score (nSPS) is 16.8. The van der Waals surface area contributed by atoms with Gasteiger partial charge >= 0.3 is 0 Å². The second-order valence-corrected chi connectivity index (χ2v) is 7.72. The van der Waals surface area contributed by atoms with E-state index in [1.807, 2.05) is 19.0 Å². The lowest BCUT2D eigenvalue weighted by Gasteiger charge is -2.28. The molecular weight excluding hydrogens is 392 g/mol. The van der Waals surface area contributed by atoms with Gasteiger partial charge in [0.2, 0.25) is 5.95 Å². The van der Waals surface area contributed by atoms with Crippen molar-refractivity contribution in [2.75, 3.05) is 63.3 Å². The van der Waals surface area contributed by atoms with Crippen LogP contribution in [0.5, 0.6) is 0 Å². The second-order valence-electron chi connectivity index (χ2n) is 7.72. The number of benzene rings is 1. The fourth-order valence-corrected chi connectivity index (χ4v) is 3.90. The molecule has 0 N–H and O–H groups in total. The molecule has 0 unspecified atom stereocenters. The number of aromatic nitrogens is 2. The lowest BCUT2D eigenvalue weighted by atomic mass is 10.1. The number of fused-ring (bicyclic) bond motifs is 1. The van der Waals surface area contributed by atoms with Gasteiger partial charge in [-0.2, -0.15) is 4.98 Å². The maximum absolute atomic E-state index is 13.6. The number of carbonyl (C=O) groups is 1. The predicted octanol–water partition coefficient (Wildman–Crippen LogP) is 1.90. The Bertz CT molecular complexity index is 927. The van der Waals surface area contributed by atoms with Gasteiger partial charge in [-0.1, -0.05) is 0 Å². The molecule has 7 nitrogen and oxygen atoms in total. The Labute approximate surface area is 174 Å². The number of ether oxygens (including phenoxy) is 1. The van der Waals surface area contributed by atoms with Crippen molar-refractivity contribution in [2.45, 2.75) is 12.8 Å². The number of hydrogen-bond acceptors (Lipinski definition) is 6. The fourth-order valence-electron chi connectivity index (χ4n) is 3.90. The van der Waals surface area contributed by atoms with Gasteiger partial charge in [0.25, 0.3) is 5.91 Å². The van der Waals surface area contributed by atoms with Crippen LogP contribution in [0.25, 0.3) is 0 Å². The summed E-state index contributed by atoms with van der Waals surface area (Å²) in [6.45, 7) is 3.62.